The zero-order chi connectivity index (χ0) is 12.1. The zero-order valence-electron chi connectivity index (χ0n) is 8.41. The van der Waals surface area contributed by atoms with Gasteiger partial charge in [0.2, 0.25) is 5.83 Å². The molecule has 86 valence electrons. The van der Waals surface area contributed by atoms with Gasteiger partial charge in [0.25, 0.3) is 0 Å². The van der Waals surface area contributed by atoms with Gasteiger partial charge in [-0.05, 0) is 5.56 Å². The molecule has 0 saturated heterocycles. The predicted molar refractivity (Wildman–Crippen MR) is 51.3 cm³/mol. The van der Waals surface area contributed by atoms with E-state index in [1.54, 1.807) is 6.07 Å². The van der Waals surface area contributed by atoms with E-state index in [0.29, 0.717) is 0 Å². The molecule has 0 aliphatic carbocycles. The number of esters is 1. The molecule has 0 aliphatic heterocycles. The number of carbonyl (C=O) groups excluding carboxylic acids is 1. The highest BCUT2D eigenvalue weighted by atomic mass is 19.3. The van der Waals surface area contributed by atoms with Crippen molar-refractivity contribution in [3.63, 3.8) is 0 Å². The minimum atomic E-state index is -2.49. The van der Waals surface area contributed by atoms with Gasteiger partial charge in [-0.1, -0.05) is 30.3 Å². The van der Waals surface area contributed by atoms with Crippen molar-refractivity contribution in [2.75, 3.05) is 0 Å². The van der Waals surface area contributed by atoms with Crippen molar-refractivity contribution in [1.82, 2.24) is 0 Å². The third kappa shape index (κ3) is 3.12. The van der Waals surface area contributed by atoms with E-state index in [1.807, 2.05) is 0 Å². The fourth-order valence-electron chi connectivity index (χ4n) is 1.16. The van der Waals surface area contributed by atoms with Gasteiger partial charge in [-0.2, -0.15) is 8.78 Å². The SMILES string of the molecule is CC(=O)OC(C(F)=C(F)F)c1ccccc1. The molecule has 0 aliphatic rings. The van der Waals surface area contributed by atoms with Gasteiger partial charge in [-0.3, -0.25) is 4.79 Å². The first kappa shape index (κ1) is 12.3. The Labute approximate surface area is 90.3 Å². The normalized spacial score (nSPS) is 11.8. The summed E-state index contributed by atoms with van der Waals surface area (Å²) in [5, 5.41) is 0. The maximum atomic E-state index is 13.1. The van der Waals surface area contributed by atoms with E-state index in [-0.39, 0.29) is 5.56 Å². The third-order valence-corrected chi connectivity index (χ3v) is 1.80. The molecule has 1 aromatic rings. The fourth-order valence-corrected chi connectivity index (χ4v) is 1.16. The summed E-state index contributed by atoms with van der Waals surface area (Å²) in [6.45, 7) is 1.03. The van der Waals surface area contributed by atoms with Gasteiger partial charge in [0.05, 0.1) is 0 Å². The first-order valence-corrected chi connectivity index (χ1v) is 4.45. The monoisotopic (exact) mass is 230 g/mol. The topological polar surface area (TPSA) is 26.3 Å². The van der Waals surface area contributed by atoms with Crippen LogP contribution in [0.15, 0.2) is 42.2 Å². The molecular formula is C11H9F3O2. The van der Waals surface area contributed by atoms with Crippen molar-refractivity contribution in [3.05, 3.63) is 47.8 Å². The van der Waals surface area contributed by atoms with E-state index in [4.69, 9.17) is 0 Å². The number of benzene rings is 1. The van der Waals surface area contributed by atoms with E-state index in [2.05, 4.69) is 4.74 Å². The summed E-state index contributed by atoms with van der Waals surface area (Å²) >= 11 is 0. The Bertz CT molecular complexity index is 397. The average molecular weight is 230 g/mol. The lowest BCUT2D eigenvalue weighted by Crippen LogP contribution is -2.09. The van der Waals surface area contributed by atoms with Crippen LogP contribution in [0.2, 0.25) is 0 Å². The van der Waals surface area contributed by atoms with Crippen LogP contribution < -0.4 is 0 Å². The molecule has 5 heteroatoms. The molecule has 1 unspecified atom stereocenters. The van der Waals surface area contributed by atoms with E-state index in [9.17, 15) is 18.0 Å². The van der Waals surface area contributed by atoms with Gasteiger partial charge in [0.1, 0.15) is 0 Å². The quantitative estimate of drug-likeness (QED) is 0.744. The number of rotatable bonds is 3. The first-order valence-electron chi connectivity index (χ1n) is 4.45. The molecule has 1 aromatic carbocycles. The Morgan fingerprint density at radius 3 is 2.19 bits per heavy atom. The summed E-state index contributed by atoms with van der Waals surface area (Å²) in [7, 11) is 0. The van der Waals surface area contributed by atoms with Gasteiger partial charge in [-0.25, -0.2) is 4.39 Å². The number of ether oxygens (including phenoxy) is 1. The minimum absolute atomic E-state index is 0.156. The summed E-state index contributed by atoms with van der Waals surface area (Å²) in [6.07, 6.45) is -4.17. The molecule has 0 heterocycles. The number of hydrogen-bond acceptors (Lipinski definition) is 2. The molecule has 0 amide bonds. The van der Waals surface area contributed by atoms with E-state index < -0.39 is 24.0 Å². The van der Waals surface area contributed by atoms with E-state index in [1.165, 1.54) is 24.3 Å². The molecule has 0 saturated carbocycles. The van der Waals surface area contributed by atoms with Crippen LogP contribution in [0.1, 0.15) is 18.6 Å². The van der Waals surface area contributed by atoms with Crippen LogP contribution in [0.4, 0.5) is 13.2 Å². The predicted octanol–water partition coefficient (Wildman–Crippen LogP) is 3.37. The number of hydrogen-bond donors (Lipinski definition) is 0. The second-order valence-corrected chi connectivity index (χ2v) is 3.01. The zero-order valence-corrected chi connectivity index (χ0v) is 8.41. The lowest BCUT2D eigenvalue weighted by Gasteiger charge is -2.14. The van der Waals surface area contributed by atoms with E-state index in [0.717, 1.165) is 6.92 Å². The summed E-state index contributed by atoms with van der Waals surface area (Å²) in [5.41, 5.74) is 0.156. The van der Waals surface area contributed by atoms with Gasteiger partial charge >= 0.3 is 12.0 Å². The Balaban J connectivity index is 3.07. The molecule has 0 spiro atoms. The van der Waals surface area contributed by atoms with Crippen LogP contribution >= 0.6 is 0 Å². The molecule has 0 radical (unpaired) electrons. The first-order chi connectivity index (χ1) is 7.52. The van der Waals surface area contributed by atoms with Gasteiger partial charge in [0, 0.05) is 6.92 Å². The van der Waals surface area contributed by atoms with Crippen LogP contribution in [0.3, 0.4) is 0 Å². The van der Waals surface area contributed by atoms with Crippen molar-refractivity contribution in [1.29, 1.82) is 0 Å². The van der Waals surface area contributed by atoms with Crippen LogP contribution in [0.25, 0.3) is 0 Å². The van der Waals surface area contributed by atoms with E-state index >= 15 is 0 Å². The second-order valence-electron chi connectivity index (χ2n) is 3.01. The minimum Gasteiger partial charge on any atom is -0.450 e. The van der Waals surface area contributed by atoms with Crippen LogP contribution in [0, 0.1) is 0 Å². The van der Waals surface area contributed by atoms with Crippen molar-refractivity contribution in [2.45, 2.75) is 13.0 Å². The highest BCUT2D eigenvalue weighted by Crippen LogP contribution is 2.30. The highest BCUT2D eigenvalue weighted by molar-refractivity contribution is 5.66. The summed E-state index contributed by atoms with van der Waals surface area (Å²) in [6, 6.07) is 7.51. The maximum Gasteiger partial charge on any atom is 0.305 e. The van der Waals surface area contributed by atoms with Crippen molar-refractivity contribution in [3.8, 4) is 0 Å². The van der Waals surface area contributed by atoms with Crippen LogP contribution in [-0.4, -0.2) is 5.97 Å². The Hall–Kier alpha value is -1.78. The smallest absolute Gasteiger partial charge is 0.305 e. The van der Waals surface area contributed by atoms with Crippen molar-refractivity contribution in [2.24, 2.45) is 0 Å². The van der Waals surface area contributed by atoms with Gasteiger partial charge in [0.15, 0.2) is 6.10 Å². The number of halogens is 3. The van der Waals surface area contributed by atoms with Gasteiger partial charge < -0.3 is 4.74 Å². The Kier molecular flexibility index (Phi) is 4.10. The Morgan fingerprint density at radius 2 is 1.75 bits per heavy atom. The number of carbonyl (C=O) groups is 1. The molecule has 0 N–H and O–H groups in total. The largest absolute Gasteiger partial charge is 0.450 e. The molecule has 0 fully saturated rings. The second kappa shape index (κ2) is 5.34. The average Bonchev–Trinajstić information content (AvgIpc) is 2.26. The molecular weight excluding hydrogens is 221 g/mol. The Morgan fingerprint density at radius 1 is 1.19 bits per heavy atom. The van der Waals surface area contributed by atoms with Gasteiger partial charge in [-0.15, -0.1) is 0 Å². The molecule has 0 aromatic heterocycles. The summed E-state index contributed by atoms with van der Waals surface area (Å²) in [5.74, 6) is -2.58. The molecule has 1 atom stereocenters. The van der Waals surface area contributed by atoms with Crippen molar-refractivity contribution < 1.29 is 22.7 Å². The van der Waals surface area contributed by atoms with Crippen LogP contribution in [-0.2, 0) is 9.53 Å². The van der Waals surface area contributed by atoms with Crippen molar-refractivity contribution >= 4 is 5.97 Å². The maximum absolute atomic E-state index is 13.1. The third-order valence-electron chi connectivity index (χ3n) is 1.80. The molecule has 0 bridgehead atoms. The highest BCUT2D eigenvalue weighted by Gasteiger charge is 2.24. The molecule has 1 rings (SSSR count). The van der Waals surface area contributed by atoms with Crippen LogP contribution in [0.5, 0.6) is 0 Å². The summed E-state index contributed by atoms with van der Waals surface area (Å²) < 4.78 is 41.9. The molecule has 2 nitrogen and oxygen atoms in total. The molecule has 16 heavy (non-hydrogen) atoms. The summed E-state index contributed by atoms with van der Waals surface area (Å²) in [4.78, 5) is 10.7. The lowest BCUT2D eigenvalue weighted by atomic mass is 10.1. The lowest BCUT2D eigenvalue weighted by molar-refractivity contribution is -0.145. The standard InChI is InChI=1S/C11H9F3O2/c1-7(15)16-10(9(12)11(13)14)8-5-3-2-4-6-8/h2-6,10H,1H3. The fraction of sp³-hybridized carbons (Fsp3) is 0.182.